The van der Waals surface area contributed by atoms with Crippen LogP contribution in [0.25, 0.3) is 0 Å². The van der Waals surface area contributed by atoms with E-state index in [1.807, 2.05) is 60.7 Å². The molecule has 0 saturated carbocycles. The molecule has 2 N–H and O–H groups in total. The van der Waals surface area contributed by atoms with Gasteiger partial charge in [-0.1, -0.05) is 84.9 Å². The normalized spacial score (nSPS) is 11.4. The van der Waals surface area contributed by atoms with Crippen molar-refractivity contribution in [3.8, 4) is 11.5 Å². The number of amides is 2. The van der Waals surface area contributed by atoms with Gasteiger partial charge < -0.3 is 19.0 Å². The molecule has 0 aliphatic heterocycles. The number of carbonyl (C=O) groups excluding carboxylic acids is 1. The van der Waals surface area contributed by atoms with Gasteiger partial charge in [0.25, 0.3) is 0 Å². The molecular formula is C31H32N2O7S2. The van der Waals surface area contributed by atoms with Gasteiger partial charge in [-0.3, -0.25) is 0 Å². The van der Waals surface area contributed by atoms with Crippen LogP contribution in [0.15, 0.2) is 109 Å². The van der Waals surface area contributed by atoms with Crippen molar-refractivity contribution < 1.29 is 30.0 Å². The Bertz CT molecular complexity index is 1550. The number of hydrogen-bond donors (Lipinski definition) is 2. The van der Waals surface area contributed by atoms with Crippen LogP contribution >= 0.6 is 0 Å². The molecule has 0 aliphatic rings. The molecule has 4 aromatic rings. The topological polar surface area (TPSA) is 128 Å². The van der Waals surface area contributed by atoms with Crippen LogP contribution in [0.4, 0.5) is 16.2 Å². The van der Waals surface area contributed by atoms with Crippen LogP contribution in [-0.4, -0.2) is 34.4 Å². The molecule has 0 saturated heterocycles. The highest BCUT2D eigenvalue weighted by Gasteiger charge is 2.19. The lowest BCUT2D eigenvalue weighted by Gasteiger charge is -2.15. The van der Waals surface area contributed by atoms with Crippen LogP contribution in [0.1, 0.15) is 24.0 Å². The molecule has 2 amide bonds. The molecule has 0 aromatic heterocycles. The molecule has 0 radical (unpaired) electrons. The molecule has 0 atom stereocenters. The number of urea groups is 1. The summed E-state index contributed by atoms with van der Waals surface area (Å²) in [4.78, 5) is 12.8. The summed E-state index contributed by atoms with van der Waals surface area (Å²) in [7, 11) is -7.87. The van der Waals surface area contributed by atoms with Gasteiger partial charge in [-0.15, -0.1) is 0 Å². The molecule has 0 unspecified atom stereocenters. The smallest absolute Gasteiger partial charge is 0.323 e. The Morgan fingerprint density at radius 2 is 0.881 bits per heavy atom. The highest BCUT2D eigenvalue weighted by molar-refractivity contribution is 7.87. The van der Waals surface area contributed by atoms with Crippen LogP contribution in [0.3, 0.4) is 0 Å². The Labute approximate surface area is 246 Å². The third-order valence-corrected chi connectivity index (χ3v) is 8.55. The zero-order valence-corrected chi connectivity index (χ0v) is 24.4. The van der Waals surface area contributed by atoms with Crippen LogP contribution in [0.2, 0.25) is 0 Å². The van der Waals surface area contributed by atoms with E-state index >= 15 is 0 Å². The first-order chi connectivity index (χ1) is 20.2. The number of nitrogens with one attached hydrogen (secondary N) is 2. The lowest BCUT2D eigenvalue weighted by atomic mass is 10.1. The van der Waals surface area contributed by atoms with Crippen LogP contribution in [0, 0.1) is 0 Å². The van der Waals surface area contributed by atoms with Gasteiger partial charge in [-0.25, -0.2) is 4.79 Å². The Hall–Kier alpha value is -4.35. The minimum Gasteiger partial charge on any atom is -0.380 e. The summed E-state index contributed by atoms with van der Waals surface area (Å²) < 4.78 is 61.1. The zero-order chi connectivity index (χ0) is 29.8. The van der Waals surface area contributed by atoms with Gasteiger partial charge in [0, 0.05) is 0 Å². The van der Waals surface area contributed by atoms with E-state index in [4.69, 9.17) is 8.37 Å². The largest absolute Gasteiger partial charge is 0.380 e. The van der Waals surface area contributed by atoms with Gasteiger partial charge in [0.05, 0.1) is 22.9 Å². The fourth-order valence-electron chi connectivity index (χ4n) is 4.11. The van der Waals surface area contributed by atoms with Crippen LogP contribution < -0.4 is 19.0 Å². The second-order valence-corrected chi connectivity index (χ2v) is 12.8. The summed E-state index contributed by atoms with van der Waals surface area (Å²) in [6.07, 6.45) is 1.90. The number of aryl methyl sites for hydroxylation is 2. The number of benzene rings is 4. The van der Waals surface area contributed by atoms with E-state index in [9.17, 15) is 21.6 Å². The number of para-hydroxylation sites is 4. The summed E-state index contributed by atoms with van der Waals surface area (Å²) in [6, 6.07) is 30.6. The maximum atomic E-state index is 12.8. The van der Waals surface area contributed by atoms with E-state index < -0.39 is 26.3 Å². The van der Waals surface area contributed by atoms with Crippen molar-refractivity contribution in [2.24, 2.45) is 0 Å². The monoisotopic (exact) mass is 608 g/mol. The molecule has 220 valence electrons. The Balaban J connectivity index is 1.34. The molecule has 4 rings (SSSR count). The summed E-state index contributed by atoms with van der Waals surface area (Å²) >= 11 is 0. The second-order valence-electron chi connectivity index (χ2n) is 9.44. The van der Waals surface area contributed by atoms with E-state index in [-0.39, 0.29) is 34.4 Å². The quantitative estimate of drug-likeness (QED) is 0.168. The Morgan fingerprint density at radius 3 is 1.29 bits per heavy atom. The fraction of sp³-hybridized carbons (Fsp3) is 0.194. The summed E-state index contributed by atoms with van der Waals surface area (Å²) in [5.41, 5.74) is 2.29. The average Bonchev–Trinajstić information content (AvgIpc) is 2.96. The summed E-state index contributed by atoms with van der Waals surface area (Å²) in [5.74, 6) is -0.490. The van der Waals surface area contributed by atoms with E-state index in [1.54, 1.807) is 24.3 Å². The minimum absolute atomic E-state index is 0.0436. The first kappa shape index (κ1) is 30.6. The molecule has 4 aromatic carbocycles. The molecule has 0 spiro atoms. The van der Waals surface area contributed by atoms with Crippen LogP contribution in [-0.2, 0) is 33.1 Å². The van der Waals surface area contributed by atoms with Crippen molar-refractivity contribution >= 4 is 37.6 Å². The maximum absolute atomic E-state index is 12.8. The van der Waals surface area contributed by atoms with E-state index in [1.165, 1.54) is 24.3 Å². The van der Waals surface area contributed by atoms with Crippen molar-refractivity contribution in [3.63, 3.8) is 0 Å². The maximum Gasteiger partial charge on any atom is 0.323 e. The van der Waals surface area contributed by atoms with Gasteiger partial charge in [0.1, 0.15) is 0 Å². The molecule has 0 aliphatic carbocycles. The van der Waals surface area contributed by atoms with E-state index in [0.29, 0.717) is 25.7 Å². The molecule has 42 heavy (non-hydrogen) atoms. The van der Waals surface area contributed by atoms with Gasteiger partial charge >= 0.3 is 26.3 Å². The zero-order valence-electron chi connectivity index (χ0n) is 22.8. The highest BCUT2D eigenvalue weighted by Crippen LogP contribution is 2.28. The van der Waals surface area contributed by atoms with Crippen LogP contribution in [0.5, 0.6) is 11.5 Å². The Kier molecular flexibility index (Phi) is 10.6. The van der Waals surface area contributed by atoms with Crippen molar-refractivity contribution in [2.45, 2.75) is 25.7 Å². The SMILES string of the molecule is O=C(Nc1ccccc1OS(=O)(=O)CCCc1ccccc1)Nc1ccccc1OS(=O)(=O)CCCc1ccccc1. The van der Waals surface area contributed by atoms with Gasteiger partial charge in [0.2, 0.25) is 0 Å². The van der Waals surface area contributed by atoms with Gasteiger partial charge in [-0.2, -0.15) is 16.8 Å². The molecular weight excluding hydrogens is 576 g/mol. The standard InChI is InChI=1S/C31H32N2O7S2/c34-31(32-27-19-7-9-21-29(27)39-41(35,36)23-11-17-25-13-3-1-4-14-25)33-28-20-8-10-22-30(28)40-42(37,38)24-12-18-26-15-5-2-6-16-26/h1-10,13-16,19-22H,11-12,17-18,23-24H2,(H2,32,33,34). The number of hydrogen-bond acceptors (Lipinski definition) is 7. The molecule has 0 bridgehead atoms. The number of rotatable bonds is 14. The lowest BCUT2D eigenvalue weighted by Crippen LogP contribution is -2.22. The fourth-order valence-corrected chi connectivity index (χ4v) is 6.11. The predicted molar refractivity (Wildman–Crippen MR) is 164 cm³/mol. The number of anilines is 2. The minimum atomic E-state index is -3.93. The molecule has 0 heterocycles. The summed E-state index contributed by atoms with van der Waals surface area (Å²) in [5, 5.41) is 5.12. The molecule has 0 fully saturated rings. The van der Waals surface area contributed by atoms with E-state index in [0.717, 1.165) is 11.1 Å². The highest BCUT2D eigenvalue weighted by atomic mass is 32.2. The first-order valence-electron chi connectivity index (χ1n) is 13.4. The molecule has 9 nitrogen and oxygen atoms in total. The van der Waals surface area contributed by atoms with Crippen molar-refractivity contribution in [3.05, 3.63) is 120 Å². The second kappa shape index (κ2) is 14.5. The summed E-state index contributed by atoms with van der Waals surface area (Å²) in [6.45, 7) is 0. The van der Waals surface area contributed by atoms with E-state index in [2.05, 4.69) is 10.6 Å². The van der Waals surface area contributed by atoms with Crippen molar-refractivity contribution in [1.82, 2.24) is 0 Å². The Morgan fingerprint density at radius 1 is 0.524 bits per heavy atom. The predicted octanol–water partition coefficient (Wildman–Crippen LogP) is 6.01. The lowest BCUT2D eigenvalue weighted by molar-refractivity contribution is 0.262. The third kappa shape index (κ3) is 9.93. The van der Waals surface area contributed by atoms with Crippen molar-refractivity contribution in [2.75, 3.05) is 22.1 Å². The van der Waals surface area contributed by atoms with Gasteiger partial charge in [-0.05, 0) is 61.1 Å². The third-order valence-electron chi connectivity index (χ3n) is 6.11. The van der Waals surface area contributed by atoms with Gasteiger partial charge in [0.15, 0.2) is 11.5 Å². The first-order valence-corrected chi connectivity index (χ1v) is 16.5. The average molecular weight is 609 g/mol. The molecule has 11 heteroatoms. The number of carbonyl (C=O) groups is 1. The van der Waals surface area contributed by atoms with Crippen molar-refractivity contribution in [1.29, 1.82) is 0 Å².